The Hall–Kier alpha value is -2.70. The first-order valence-corrected chi connectivity index (χ1v) is 6.60. The van der Waals surface area contributed by atoms with Gasteiger partial charge in [-0.15, -0.1) is 5.10 Å². The maximum Gasteiger partial charge on any atom is 0.291 e. The van der Waals surface area contributed by atoms with E-state index in [1.54, 1.807) is 12.3 Å². The number of amides is 1. The zero-order chi connectivity index (χ0) is 15.0. The van der Waals surface area contributed by atoms with Crippen molar-refractivity contribution in [1.29, 1.82) is 0 Å². The predicted octanol–water partition coefficient (Wildman–Crippen LogP) is 1.83. The second-order valence-electron chi connectivity index (χ2n) is 4.88. The summed E-state index contributed by atoms with van der Waals surface area (Å²) in [5.74, 6) is 1.63. The topological polar surface area (TPSA) is 85.3 Å². The van der Waals surface area contributed by atoms with Crippen molar-refractivity contribution < 1.29 is 9.21 Å². The van der Waals surface area contributed by atoms with E-state index in [4.69, 9.17) is 4.42 Å². The third-order valence-electron chi connectivity index (χ3n) is 3.17. The molecule has 3 rings (SSSR count). The number of aryl methyl sites for hydroxylation is 2. The van der Waals surface area contributed by atoms with Gasteiger partial charge in [0.1, 0.15) is 11.5 Å². The molecule has 3 aromatic rings. The highest BCUT2D eigenvalue weighted by Crippen LogP contribution is 2.15. The van der Waals surface area contributed by atoms with Crippen LogP contribution in [0, 0.1) is 13.8 Å². The molecule has 0 aliphatic heterocycles. The Balaban J connectivity index is 1.82. The van der Waals surface area contributed by atoms with Gasteiger partial charge in [0.15, 0.2) is 0 Å². The van der Waals surface area contributed by atoms with E-state index in [2.05, 4.69) is 20.4 Å². The number of nitrogens with one attached hydrogen (secondary N) is 1. The van der Waals surface area contributed by atoms with E-state index in [0.717, 1.165) is 11.5 Å². The average molecular weight is 285 g/mol. The zero-order valence-electron chi connectivity index (χ0n) is 12.0. The third kappa shape index (κ3) is 2.49. The van der Waals surface area contributed by atoms with Crippen LogP contribution in [-0.4, -0.2) is 25.5 Å². The molecular weight excluding hydrogens is 270 g/mol. The summed E-state index contributed by atoms with van der Waals surface area (Å²) < 4.78 is 7.03. The predicted molar refractivity (Wildman–Crippen MR) is 74.8 cm³/mol. The van der Waals surface area contributed by atoms with Crippen LogP contribution in [0.4, 0.5) is 0 Å². The molecule has 1 amide bonds. The molecule has 0 spiro atoms. The number of furan rings is 1. The molecule has 1 N–H and O–H groups in total. The highest BCUT2D eigenvalue weighted by molar-refractivity contribution is 5.91. The first kappa shape index (κ1) is 13.3. The molecule has 0 radical (unpaired) electrons. The van der Waals surface area contributed by atoms with E-state index in [1.165, 1.54) is 4.52 Å². The number of aromatic nitrogens is 4. The van der Waals surface area contributed by atoms with Gasteiger partial charge in [-0.2, -0.15) is 4.98 Å². The number of nitrogens with zero attached hydrogens (tertiary/aromatic N) is 4. The Labute approximate surface area is 121 Å². The van der Waals surface area contributed by atoms with Crippen molar-refractivity contribution in [3.8, 4) is 0 Å². The van der Waals surface area contributed by atoms with Gasteiger partial charge >= 0.3 is 0 Å². The summed E-state index contributed by atoms with van der Waals surface area (Å²) in [7, 11) is 0. The standard InChI is InChI=1S/C14H15N5O2/c1-8-6-7-15-14-17-12(18-19(8)14)13(20)16-10(3)11-5-4-9(2)21-11/h4-7,10H,1-3H3,(H,16,20). The van der Waals surface area contributed by atoms with E-state index in [0.29, 0.717) is 11.5 Å². The summed E-state index contributed by atoms with van der Waals surface area (Å²) in [6, 6.07) is 5.24. The van der Waals surface area contributed by atoms with Gasteiger partial charge in [-0.1, -0.05) is 0 Å². The smallest absolute Gasteiger partial charge is 0.291 e. The summed E-state index contributed by atoms with van der Waals surface area (Å²) >= 11 is 0. The van der Waals surface area contributed by atoms with Gasteiger partial charge in [-0.05, 0) is 39.0 Å². The van der Waals surface area contributed by atoms with Crippen molar-refractivity contribution in [2.45, 2.75) is 26.8 Å². The SMILES string of the molecule is Cc1ccc(C(C)NC(=O)c2nc3nccc(C)n3n2)o1. The minimum Gasteiger partial charge on any atom is -0.464 e. The molecule has 0 fully saturated rings. The van der Waals surface area contributed by atoms with Crippen LogP contribution in [-0.2, 0) is 0 Å². The highest BCUT2D eigenvalue weighted by atomic mass is 16.3. The monoisotopic (exact) mass is 285 g/mol. The maximum atomic E-state index is 12.2. The number of carbonyl (C=O) groups is 1. The van der Waals surface area contributed by atoms with Gasteiger partial charge in [-0.3, -0.25) is 4.79 Å². The fraction of sp³-hybridized carbons (Fsp3) is 0.286. The Morgan fingerprint density at radius 3 is 2.81 bits per heavy atom. The highest BCUT2D eigenvalue weighted by Gasteiger charge is 2.18. The quantitative estimate of drug-likeness (QED) is 0.793. The molecule has 1 atom stereocenters. The zero-order valence-corrected chi connectivity index (χ0v) is 12.0. The number of hydrogen-bond donors (Lipinski definition) is 1. The summed E-state index contributed by atoms with van der Waals surface area (Å²) in [6.07, 6.45) is 1.63. The second kappa shape index (κ2) is 5.01. The first-order valence-electron chi connectivity index (χ1n) is 6.60. The van der Waals surface area contributed by atoms with Gasteiger partial charge in [-0.25, -0.2) is 9.50 Å². The van der Waals surface area contributed by atoms with Crippen molar-refractivity contribution in [2.24, 2.45) is 0 Å². The number of rotatable bonds is 3. The fourth-order valence-electron chi connectivity index (χ4n) is 2.02. The van der Waals surface area contributed by atoms with Gasteiger partial charge in [0, 0.05) is 11.9 Å². The number of fused-ring (bicyclic) bond motifs is 1. The van der Waals surface area contributed by atoms with Gasteiger partial charge in [0.25, 0.3) is 11.7 Å². The Bertz CT molecular complexity index is 805. The lowest BCUT2D eigenvalue weighted by Crippen LogP contribution is -2.27. The maximum absolute atomic E-state index is 12.2. The van der Waals surface area contributed by atoms with E-state index in [1.807, 2.05) is 32.9 Å². The van der Waals surface area contributed by atoms with Crippen LogP contribution in [0.25, 0.3) is 5.78 Å². The lowest BCUT2D eigenvalue weighted by atomic mass is 10.2. The Kier molecular flexibility index (Phi) is 3.17. The molecule has 7 nitrogen and oxygen atoms in total. The van der Waals surface area contributed by atoms with Gasteiger partial charge < -0.3 is 9.73 Å². The normalized spacial score (nSPS) is 12.5. The van der Waals surface area contributed by atoms with E-state index in [9.17, 15) is 4.79 Å². The second-order valence-corrected chi connectivity index (χ2v) is 4.88. The summed E-state index contributed by atoms with van der Waals surface area (Å²) in [5, 5.41) is 6.97. The largest absolute Gasteiger partial charge is 0.464 e. The lowest BCUT2D eigenvalue weighted by Gasteiger charge is -2.09. The molecule has 0 aliphatic rings. The molecular formula is C14H15N5O2. The molecule has 0 saturated heterocycles. The number of hydrogen-bond acceptors (Lipinski definition) is 5. The molecule has 0 aromatic carbocycles. The molecule has 0 bridgehead atoms. The molecule has 3 heterocycles. The van der Waals surface area contributed by atoms with Crippen molar-refractivity contribution in [1.82, 2.24) is 24.9 Å². The first-order chi connectivity index (χ1) is 10.0. The summed E-state index contributed by atoms with van der Waals surface area (Å²) in [6.45, 7) is 5.57. The van der Waals surface area contributed by atoms with Crippen LogP contribution >= 0.6 is 0 Å². The van der Waals surface area contributed by atoms with Gasteiger partial charge in [0.2, 0.25) is 5.82 Å². The molecule has 0 saturated carbocycles. The third-order valence-corrected chi connectivity index (χ3v) is 3.17. The van der Waals surface area contributed by atoms with Crippen LogP contribution in [0.1, 0.15) is 40.8 Å². The minimum absolute atomic E-state index is 0.0897. The summed E-state index contributed by atoms with van der Waals surface area (Å²) in [4.78, 5) is 20.4. The van der Waals surface area contributed by atoms with Crippen LogP contribution in [0.5, 0.6) is 0 Å². The molecule has 0 aliphatic carbocycles. The number of carbonyl (C=O) groups excluding carboxylic acids is 1. The fourth-order valence-corrected chi connectivity index (χ4v) is 2.02. The molecule has 3 aromatic heterocycles. The Morgan fingerprint density at radius 1 is 1.33 bits per heavy atom. The molecule has 21 heavy (non-hydrogen) atoms. The minimum atomic E-state index is -0.360. The molecule has 7 heteroatoms. The van der Waals surface area contributed by atoms with Crippen molar-refractivity contribution in [3.05, 3.63) is 47.4 Å². The van der Waals surface area contributed by atoms with Gasteiger partial charge in [0.05, 0.1) is 6.04 Å². The van der Waals surface area contributed by atoms with Crippen molar-refractivity contribution >= 4 is 11.7 Å². The van der Waals surface area contributed by atoms with E-state index >= 15 is 0 Å². The Morgan fingerprint density at radius 2 is 2.14 bits per heavy atom. The summed E-state index contributed by atoms with van der Waals surface area (Å²) in [5.41, 5.74) is 0.862. The van der Waals surface area contributed by atoms with E-state index < -0.39 is 0 Å². The molecule has 108 valence electrons. The lowest BCUT2D eigenvalue weighted by molar-refractivity contribution is 0.0925. The van der Waals surface area contributed by atoms with Crippen LogP contribution < -0.4 is 5.32 Å². The average Bonchev–Trinajstić information content (AvgIpc) is 3.05. The van der Waals surface area contributed by atoms with Crippen LogP contribution in [0.3, 0.4) is 0 Å². The van der Waals surface area contributed by atoms with Crippen LogP contribution in [0.2, 0.25) is 0 Å². The molecule has 1 unspecified atom stereocenters. The van der Waals surface area contributed by atoms with Crippen molar-refractivity contribution in [3.63, 3.8) is 0 Å². The van der Waals surface area contributed by atoms with E-state index in [-0.39, 0.29) is 17.8 Å². The van der Waals surface area contributed by atoms with Crippen LogP contribution in [0.15, 0.2) is 28.8 Å². The van der Waals surface area contributed by atoms with Crippen molar-refractivity contribution in [2.75, 3.05) is 0 Å².